The maximum atomic E-state index is 5.86. The van der Waals surface area contributed by atoms with Gasteiger partial charge in [0.05, 0.1) is 0 Å². The predicted octanol–water partition coefficient (Wildman–Crippen LogP) is 2.91. The molecule has 1 atom stereocenters. The molecule has 2 heteroatoms. The quantitative estimate of drug-likeness (QED) is 0.882. The highest BCUT2D eigenvalue weighted by atomic mass is 15.2. The van der Waals surface area contributed by atoms with Gasteiger partial charge in [-0.1, -0.05) is 31.5 Å². The van der Waals surface area contributed by atoms with E-state index < -0.39 is 0 Å². The van der Waals surface area contributed by atoms with Crippen LogP contribution in [0.4, 0.5) is 5.69 Å². The lowest BCUT2D eigenvalue weighted by atomic mass is 9.85. The number of benzene rings is 1. The molecule has 98 valence electrons. The lowest BCUT2D eigenvalue weighted by Crippen LogP contribution is -2.32. The van der Waals surface area contributed by atoms with E-state index in [9.17, 15) is 0 Å². The highest BCUT2D eigenvalue weighted by molar-refractivity contribution is 5.64. The van der Waals surface area contributed by atoms with Gasteiger partial charge in [-0.25, -0.2) is 0 Å². The summed E-state index contributed by atoms with van der Waals surface area (Å²) in [4.78, 5) is 2.63. The number of nitrogens with two attached hydrogens (primary N) is 1. The van der Waals surface area contributed by atoms with Gasteiger partial charge in [-0.3, -0.25) is 0 Å². The Kier molecular flexibility index (Phi) is 3.29. The van der Waals surface area contributed by atoms with Crippen LogP contribution in [0.5, 0.6) is 0 Å². The molecule has 1 heterocycles. The van der Waals surface area contributed by atoms with Crippen molar-refractivity contribution in [1.29, 1.82) is 0 Å². The first-order chi connectivity index (χ1) is 8.79. The molecule has 0 bridgehead atoms. The van der Waals surface area contributed by atoms with Gasteiger partial charge in [-0.15, -0.1) is 0 Å². The Morgan fingerprint density at radius 3 is 2.89 bits per heavy atom. The van der Waals surface area contributed by atoms with Gasteiger partial charge >= 0.3 is 0 Å². The standard InChI is InChI=1S/C16H24N2/c1-12(10-17)15-7-3-6-14-8-9-18(16(14)15)11-13-4-2-5-13/h3,6-7,12-13H,2,4-5,8-11,17H2,1H3. The van der Waals surface area contributed by atoms with Gasteiger partial charge in [0.1, 0.15) is 0 Å². The molecule has 2 N–H and O–H groups in total. The minimum absolute atomic E-state index is 0.474. The van der Waals surface area contributed by atoms with E-state index in [1.54, 1.807) is 0 Å². The largest absolute Gasteiger partial charge is 0.370 e. The van der Waals surface area contributed by atoms with Gasteiger partial charge in [0, 0.05) is 18.8 Å². The van der Waals surface area contributed by atoms with Crippen LogP contribution in [0.1, 0.15) is 43.2 Å². The first-order valence-corrected chi connectivity index (χ1v) is 7.36. The van der Waals surface area contributed by atoms with Crippen LogP contribution in [-0.2, 0) is 6.42 Å². The Bertz CT molecular complexity index is 423. The van der Waals surface area contributed by atoms with Gasteiger partial charge in [-0.05, 0) is 48.8 Å². The van der Waals surface area contributed by atoms with Crippen molar-refractivity contribution in [2.24, 2.45) is 11.7 Å². The lowest BCUT2D eigenvalue weighted by Gasteiger charge is -2.33. The number of anilines is 1. The first kappa shape index (κ1) is 12.0. The van der Waals surface area contributed by atoms with E-state index in [0.717, 1.165) is 12.5 Å². The van der Waals surface area contributed by atoms with Crippen molar-refractivity contribution in [1.82, 2.24) is 0 Å². The lowest BCUT2D eigenvalue weighted by molar-refractivity contribution is 0.319. The van der Waals surface area contributed by atoms with E-state index in [-0.39, 0.29) is 0 Å². The summed E-state index contributed by atoms with van der Waals surface area (Å²) in [5.41, 5.74) is 10.4. The Morgan fingerprint density at radius 1 is 1.39 bits per heavy atom. The minimum atomic E-state index is 0.474. The van der Waals surface area contributed by atoms with E-state index in [4.69, 9.17) is 5.73 Å². The summed E-state index contributed by atoms with van der Waals surface area (Å²) in [6.45, 7) is 5.46. The molecule has 0 aromatic heterocycles. The molecule has 0 saturated heterocycles. The molecule has 2 nitrogen and oxygen atoms in total. The van der Waals surface area contributed by atoms with Crippen LogP contribution in [0.15, 0.2) is 18.2 Å². The van der Waals surface area contributed by atoms with Crippen molar-refractivity contribution in [3.63, 3.8) is 0 Å². The molecule has 1 aromatic rings. The zero-order valence-corrected chi connectivity index (χ0v) is 11.4. The fraction of sp³-hybridized carbons (Fsp3) is 0.625. The first-order valence-electron chi connectivity index (χ1n) is 7.36. The van der Waals surface area contributed by atoms with Crippen LogP contribution in [0.2, 0.25) is 0 Å². The highest BCUT2D eigenvalue weighted by Crippen LogP contribution is 2.38. The molecule has 0 amide bonds. The van der Waals surface area contributed by atoms with Crippen LogP contribution in [0.25, 0.3) is 0 Å². The Morgan fingerprint density at radius 2 is 2.22 bits per heavy atom. The SMILES string of the molecule is CC(CN)c1cccc2c1N(CC1CCC1)CC2. The Balaban J connectivity index is 1.87. The van der Waals surface area contributed by atoms with Crippen molar-refractivity contribution < 1.29 is 0 Å². The molecular weight excluding hydrogens is 220 g/mol. The summed E-state index contributed by atoms with van der Waals surface area (Å²) in [5.74, 6) is 1.42. The molecule has 1 aliphatic heterocycles. The average Bonchev–Trinajstić information content (AvgIpc) is 2.76. The highest BCUT2D eigenvalue weighted by Gasteiger charge is 2.27. The second-order valence-electron chi connectivity index (χ2n) is 5.98. The summed E-state index contributed by atoms with van der Waals surface area (Å²) in [6.07, 6.45) is 5.51. The van der Waals surface area contributed by atoms with Gasteiger partial charge in [0.15, 0.2) is 0 Å². The van der Waals surface area contributed by atoms with Gasteiger partial charge < -0.3 is 10.6 Å². The summed E-state index contributed by atoms with van der Waals surface area (Å²) in [7, 11) is 0. The molecule has 3 rings (SSSR count). The number of hydrogen-bond acceptors (Lipinski definition) is 2. The molecule has 0 spiro atoms. The number of fused-ring (bicyclic) bond motifs is 1. The van der Waals surface area contributed by atoms with Crippen LogP contribution in [-0.4, -0.2) is 19.6 Å². The van der Waals surface area contributed by atoms with E-state index in [1.807, 2.05) is 0 Å². The second kappa shape index (κ2) is 4.93. The van der Waals surface area contributed by atoms with Crippen molar-refractivity contribution >= 4 is 5.69 Å². The molecule has 1 aliphatic carbocycles. The zero-order chi connectivity index (χ0) is 12.5. The third kappa shape index (κ3) is 2.03. The van der Waals surface area contributed by atoms with Crippen molar-refractivity contribution in [2.45, 2.75) is 38.5 Å². The third-order valence-corrected chi connectivity index (χ3v) is 4.71. The second-order valence-corrected chi connectivity index (χ2v) is 5.98. The van der Waals surface area contributed by atoms with Crippen LogP contribution < -0.4 is 10.6 Å². The summed E-state index contributed by atoms with van der Waals surface area (Å²) >= 11 is 0. The maximum absolute atomic E-state index is 5.86. The molecule has 1 unspecified atom stereocenters. The van der Waals surface area contributed by atoms with Crippen molar-refractivity contribution in [3.05, 3.63) is 29.3 Å². The third-order valence-electron chi connectivity index (χ3n) is 4.71. The van der Waals surface area contributed by atoms with Crippen LogP contribution in [0.3, 0.4) is 0 Å². The molecule has 0 radical (unpaired) electrons. The van der Waals surface area contributed by atoms with E-state index in [1.165, 1.54) is 55.6 Å². The van der Waals surface area contributed by atoms with Gasteiger partial charge in [-0.2, -0.15) is 0 Å². The molecule has 1 aromatic carbocycles. The van der Waals surface area contributed by atoms with Gasteiger partial charge in [0.25, 0.3) is 0 Å². The zero-order valence-electron chi connectivity index (χ0n) is 11.4. The Labute approximate surface area is 110 Å². The van der Waals surface area contributed by atoms with Crippen LogP contribution in [0, 0.1) is 5.92 Å². The number of nitrogens with zero attached hydrogens (tertiary/aromatic N) is 1. The summed E-state index contributed by atoms with van der Waals surface area (Å²) in [6, 6.07) is 6.77. The molecule has 2 aliphatic rings. The minimum Gasteiger partial charge on any atom is -0.370 e. The van der Waals surface area contributed by atoms with Crippen molar-refractivity contribution in [3.8, 4) is 0 Å². The molecule has 1 fully saturated rings. The van der Waals surface area contributed by atoms with Crippen molar-refractivity contribution in [2.75, 3.05) is 24.5 Å². The number of hydrogen-bond donors (Lipinski definition) is 1. The number of rotatable bonds is 4. The maximum Gasteiger partial charge on any atom is 0.0435 e. The molecule has 18 heavy (non-hydrogen) atoms. The molecule has 1 saturated carbocycles. The van der Waals surface area contributed by atoms with Crippen LogP contribution >= 0.6 is 0 Å². The smallest absolute Gasteiger partial charge is 0.0435 e. The van der Waals surface area contributed by atoms with E-state index in [2.05, 4.69) is 30.0 Å². The van der Waals surface area contributed by atoms with Gasteiger partial charge in [0.2, 0.25) is 0 Å². The number of para-hydroxylation sites is 1. The molecular formula is C16H24N2. The summed E-state index contributed by atoms with van der Waals surface area (Å²) in [5, 5.41) is 0. The normalized spacial score (nSPS) is 20.7. The summed E-state index contributed by atoms with van der Waals surface area (Å²) < 4.78 is 0. The Hall–Kier alpha value is -1.02. The predicted molar refractivity (Wildman–Crippen MR) is 77.2 cm³/mol. The topological polar surface area (TPSA) is 29.3 Å². The van der Waals surface area contributed by atoms with E-state index >= 15 is 0 Å². The van der Waals surface area contributed by atoms with E-state index in [0.29, 0.717) is 5.92 Å². The monoisotopic (exact) mass is 244 g/mol. The average molecular weight is 244 g/mol. The fourth-order valence-corrected chi connectivity index (χ4v) is 3.26. The fourth-order valence-electron chi connectivity index (χ4n) is 3.26.